The molecule has 0 aliphatic rings. The number of halogens is 2. The van der Waals surface area contributed by atoms with Crippen LogP contribution in [0.4, 0.5) is 14.5 Å². The molecule has 0 aromatic carbocycles. The van der Waals surface area contributed by atoms with E-state index in [0.717, 1.165) is 6.20 Å². The van der Waals surface area contributed by atoms with Crippen molar-refractivity contribution in [1.82, 2.24) is 9.78 Å². The molecule has 16 heavy (non-hydrogen) atoms. The maximum Gasteiger partial charge on any atom is 0.318 e. The third-order valence-electron chi connectivity index (χ3n) is 1.85. The number of carbonyl (C=O) groups excluding carboxylic acids is 1. The fraction of sp³-hybridized carbons (Fsp3) is 0.500. The number of ketones is 1. The molecule has 0 aliphatic heterocycles. The quantitative estimate of drug-likeness (QED) is 0.440. The molecule has 0 bridgehead atoms. The summed E-state index contributed by atoms with van der Waals surface area (Å²) in [5.74, 6) is -0.542. The van der Waals surface area contributed by atoms with Crippen molar-refractivity contribution in [3.8, 4) is 0 Å². The summed E-state index contributed by atoms with van der Waals surface area (Å²) in [7, 11) is 0. The molecule has 0 saturated carbocycles. The van der Waals surface area contributed by atoms with Crippen LogP contribution >= 0.6 is 0 Å². The van der Waals surface area contributed by atoms with Gasteiger partial charge in [0.15, 0.2) is 5.78 Å². The van der Waals surface area contributed by atoms with E-state index in [1.54, 1.807) is 0 Å². The molecule has 0 unspecified atom stereocenters. The Kier molecular flexibility index (Phi) is 3.64. The molecule has 88 valence electrons. The molecular weight excluding hydrogens is 224 g/mol. The molecule has 1 rings (SSSR count). The minimum atomic E-state index is -2.68. The van der Waals surface area contributed by atoms with Crippen molar-refractivity contribution < 1.29 is 18.5 Å². The first-order valence-electron chi connectivity index (χ1n) is 4.48. The third-order valence-corrected chi connectivity index (χ3v) is 1.85. The van der Waals surface area contributed by atoms with E-state index in [0.29, 0.717) is 4.68 Å². The molecule has 0 fully saturated rings. The van der Waals surface area contributed by atoms with E-state index in [-0.39, 0.29) is 12.1 Å². The highest BCUT2D eigenvalue weighted by atomic mass is 19.3. The number of nitro groups is 1. The lowest BCUT2D eigenvalue weighted by Gasteiger charge is -1.97. The molecule has 1 aromatic rings. The SMILES string of the molecule is CCC(=O)c1nn(CC(F)F)cc1[N+](=O)[O-]. The first-order chi connectivity index (χ1) is 7.45. The fourth-order valence-corrected chi connectivity index (χ4v) is 1.15. The van der Waals surface area contributed by atoms with Gasteiger partial charge < -0.3 is 0 Å². The summed E-state index contributed by atoms with van der Waals surface area (Å²) in [6.07, 6.45) is -1.80. The Morgan fingerprint density at radius 1 is 1.69 bits per heavy atom. The highest BCUT2D eigenvalue weighted by Crippen LogP contribution is 2.18. The van der Waals surface area contributed by atoms with Crippen LogP contribution in [0.25, 0.3) is 0 Å². The number of hydrogen-bond acceptors (Lipinski definition) is 4. The Balaban J connectivity index is 3.10. The molecule has 0 aliphatic carbocycles. The number of nitrogens with zero attached hydrogens (tertiary/aromatic N) is 3. The number of Topliss-reactive ketones (excluding diaryl/α,β-unsaturated/α-hetero) is 1. The van der Waals surface area contributed by atoms with Crippen LogP contribution in [0.2, 0.25) is 0 Å². The number of rotatable bonds is 5. The molecule has 0 atom stereocenters. The topological polar surface area (TPSA) is 78.0 Å². The second-order valence-electron chi connectivity index (χ2n) is 3.01. The monoisotopic (exact) mass is 233 g/mol. The van der Waals surface area contributed by atoms with E-state index in [9.17, 15) is 23.7 Å². The van der Waals surface area contributed by atoms with Gasteiger partial charge in [0, 0.05) is 6.42 Å². The van der Waals surface area contributed by atoms with Gasteiger partial charge in [0.05, 0.1) is 4.92 Å². The van der Waals surface area contributed by atoms with Gasteiger partial charge in [-0.15, -0.1) is 0 Å². The van der Waals surface area contributed by atoms with Crippen LogP contribution in [-0.4, -0.2) is 26.9 Å². The summed E-state index contributed by atoms with van der Waals surface area (Å²) < 4.78 is 24.8. The predicted octanol–water partition coefficient (Wildman–Crippen LogP) is 1.65. The molecule has 0 saturated heterocycles. The summed E-state index contributed by atoms with van der Waals surface area (Å²) >= 11 is 0. The summed E-state index contributed by atoms with van der Waals surface area (Å²) in [4.78, 5) is 21.0. The highest BCUT2D eigenvalue weighted by molar-refractivity contribution is 5.97. The normalized spacial score (nSPS) is 10.8. The van der Waals surface area contributed by atoms with Crippen molar-refractivity contribution in [2.24, 2.45) is 0 Å². The molecule has 0 N–H and O–H groups in total. The lowest BCUT2D eigenvalue weighted by atomic mass is 10.2. The average molecular weight is 233 g/mol. The van der Waals surface area contributed by atoms with E-state index in [1.165, 1.54) is 6.92 Å². The van der Waals surface area contributed by atoms with Gasteiger partial charge in [-0.25, -0.2) is 8.78 Å². The summed E-state index contributed by atoms with van der Waals surface area (Å²) in [5, 5.41) is 14.0. The van der Waals surface area contributed by atoms with Gasteiger partial charge in [0.25, 0.3) is 6.43 Å². The fourth-order valence-electron chi connectivity index (χ4n) is 1.15. The zero-order chi connectivity index (χ0) is 12.3. The third kappa shape index (κ3) is 2.59. The van der Waals surface area contributed by atoms with Crippen LogP contribution in [0.1, 0.15) is 23.8 Å². The Morgan fingerprint density at radius 3 is 2.75 bits per heavy atom. The molecule has 1 heterocycles. The summed E-state index contributed by atoms with van der Waals surface area (Å²) in [6, 6.07) is 0. The van der Waals surface area contributed by atoms with Gasteiger partial charge in [-0.3, -0.25) is 19.6 Å². The van der Waals surface area contributed by atoms with E-state index >= 15 is 0 Å². The van der Waals surface area contributed by atoms with Crippen molar-refractivity contribution in [2.45, 2.75) is 26.3 Å². The molecular formula is C8H9F2N3O3. The van der Waals surface area contributed by atoms with Crippen LogP contribution in [0.15, 0.2) is 6.20 Å². The number of aromatic nitrogens is 2. The zero-order valence-corrected chi connectivity index (χ0v) is 8.39. The minimum absolute atomic E-state index is 0.0343. The number of alkyl halides is 2. The maximum absolute atomic E-state index is 12.0. The lowest BCUT2D eigenvalue weighted by Crippen LogP contribution is -2.08. The van der Waals surface area contributed by atoms with Gasteiger partial charge >= 0.3 is 5.69 Å². The smallest absolute Gasteiger partial charge is 0.292 e. The van der Waals surface area contributed by atoms with E-state index in [1.807, 2.05) is 0 Å². The van der Waals surface area contributed by atoms with E-state index < -0.39 is 29.4 Å². The summed E-state index contributed by atoms with van der Waals surface area (Å²) in [5.41, 5.74) is -0.902. The molecule has 8 heteroatoms. The van der Waals surface area contributed by atoms with Crippen LogP contribution in [-0.2, 0) is 6.54 Å². The first kappa shape index (κ1) is 12.2. The van der Waals surface area contributed by atoms with Crippen molar-refractivity contribution in [1.29, 1.82) is 0 Å². The lowest BCUT2D eigenvalue weighted by molar-refractivity contribution is -0.385. The molecule has 1 aromatic heterocycles. The molecule has 0 radical (unpaired) electrons. The highest BCUT2D eigenvalue weighted by Gasteiger charge is 2.24. The minimum Gasteiger partial charge on any atom is -0.292 e. The van der Waals surface area contributed by atoms with Gasteiger partial charge in [0.2, 0.25) is 5.69 Å². The Bertz CT molecular complexity index is 417. The first-order valence-corrected chi connectivity index (χ1v) is 4.48. The molecule has 0 spiro atoms. The Morgan fingerprint density at radius 2 is 2.31 bits per heavy atom. The van der Waals surface area contributed by atoms with Crippen LogP contribution in [0, 0.1) is 10.1 Å². The average Bonchev–Trinajstić information content (AvgIpc) is 2.59. The number of carbonyl (C=O) groups is 1. The molecule has 0 amide bonds. The van der Waals surface area contributed by atoms with Crippen molar-refractivity contribution >= 4 is 11.5 Å². The summed E-state index contributed by atoms with van der Waals surface area (Å²) in [6.45, 7) is 0.746. The predicted molar refractivity (Wildman–Crippen MR) is 49.5 cm³/mol. The standard InChI is InChI=1S/C8H9F2N3O3/c1-2-6(14)8-5(13(15)16)3-12(11-8)4-7(9)10/h3,7H,2,4H2,1H3. The second-order valence-corrected chi connectivity index (χ2v) is 3.01. The Hall–Kier alpha value is -1.86. The second kappa shape index (κ2) is 4.77. The van der Waals surface area contributed by atoms with Gasteiger partial charge in [-0.2, -0.15) is 5.10 Å². The van der Waals surface area contributed by atoms with Gasteiger partial charge in [-0.1, -0.05) is 6.92 Å². The largest absolute Gasteiger partial charge is 0.318 e. The van der Waals surface area contributed by atoms with Crippen LogP contribution in [0.5, 0.6) is 0 Å². The van der Waals surface area contributed by atoms with E-state index in [4.69, 9.17) is 0 Å². The van der Waals surface area contributed by atoms with E-state index in [2.05, 4.69) is 5.10 Å². The maximum atomic E-state index is 12.0. The van der Waals surface area contributed by atoms with Crippen molar-refractivity contribution in [3.63, 3.8) is 0 Å². The number of hydrogen-bond donors (Lipinski definition) is 0. The van der Waals surface area contributed by atoms with Gasteiger partial charge in [-0.05, 0) is 0 Å². The van der Waals surface area contributed by atoms with Crippen molar-refractivity contribution in [2.75, 3.05) is 0 Å². The van der Waals surface area contributed by atoms with Crippen molar-refractivity contribution in [3.05, 3.63) is 22.0 Å². The van der Waals surface area contributed by atoms with Crippen LogP contribution in [0.3, 0.4) is 0 Å². The van der Waals surface area contributed by atoms with Crippen LogP contribution < -0.4 is 0 Å². The Labute approximate surface area is 89.0 Å². The zero-order valence-electron chi connectivity index (χ0n) is 8.39. The molecule has 6 nitrogen and oxygen atoms in total. The van der Waals surface area contributed by atoms with Gasteiger partial charge in [0.1, 0.15) is 12.7 Å².